The summed E-state index contributed by atoms with van der Waals surface area (Å²) in [7, 11) is 0. The average molecular weight is 339 g/mol. The fourth-order valence-electron chi connectivity index (χ4n) is 3.94. The van der Waals surface area contributed by atoms with E-state index in [1.807, 2.05) is 0 Å². The van der Waals surface area contributed by atoms with Gasteiger partial charge in [-0.25, -0.2) is 0 Å². The Hall–Kier alpha value is -3.07. The molecule has 128 valence electrons. The number of hydrazone groups is 1. The predicted molar refractivity (Wildman–Crippen MR) is 106 cm³/mol. The fraction of sp³-hybridized carbons (Fsp3) is 0.174. The molecule has 3 aromatic carbocycles. The number of nitrogens with zero attached hydrogens (tertiary/aromatic N) is 2. The van der Waals surface area contributed by atoms with Crippen LogP contribution in [0.25, 0.3) is 0 Å². The first-order valence-corrected chi connectivity index (χ1v) is 9.13. The molecule has 2 heterocycles. The number of nitrogens with one attached hydrogen (secondary N) is 1. The Morgan fingerprint density at radius 1 is 0.885 bits per heavy atom. The van der Waals surface area contributed by atoms with E-state index in [4.69, 9.17) is 5.10 Å². The molecule has 3 nitrogen and oxygen atoms in total. The van der Waals surface area contributed by atoms with Crippen LogP contribution in [-0.2, 0) is 0 Å². The van der Waals surface area contributed by atoms with Gasteiger partial charge in [-0.1, -0.05) is 78.4 Å². The molecule has 1 N–H and O–H groups in total. The van der Waals surface area contributed by atoms with Gasteiger partial charge in [-0.2, -0.15) is 5.10 Å². The van der Waals surface area contributed by atoms with Crippen molar-refractivity contribution in [3.8, 4) is 0 Å². The predicted octanol–water partition coefficient (Wildman–Crippen LogP) is 5.27. The van der Waals surface area contributed by atoms with Crippen LogP contribution in [0.2, 0.25) is 0 Å². The zero-order chi connectivity index (χ0) is 17.5. The van der Waals surface area contributed by atoms with Gasteiger partial charge in [-0.3, -0.25) is 5.01 Å². The van der Waals surface area contributed by atoms with Crippen LogP contribution in [-0.4, -0.2) is 10.7 Å². The quantitative estimate of drug-likeness (QED) is 0.689. The lowest BCUT2D eigenvalue weighted by molar-refractivity contribution is 0.169. The van der Waals surface area contributed by atoms with E-state index < -0.39 is 0 Å². The van der Waals surface area contributed by atoms with E-state index in [0.29, 0.717) is 0 Å². The van der Waals surface area contributed by atoms with E-state index in [1.54, 1.807) is 0 Å². The van der Waals surface area contributed by atoms with Crippen LogP contribution >= 0.6 is 0 Å². The van der Waals surface area contributed by atoms with Gasteiger partial charge in [-0.15, -0.1) is 0 Å². The van der Waals surface area contributed by atoms with Crippen LogP contribution in [0.5, 0.6) is 0 Å². The van der Waals surface area contributed by atoms with Gasteiger partial charge in [0.15, 0.2) is 0 Å². The summed E-state index contributed by atoms with van der Waals surface area (Å²) < 4.78 is 0. The maximum atomic E-state index is 5.05. The van der Waals surface area contributed by atoms with Gasteiger partial charge in [0, 0.05) is 12.1 Å². The molecule has 2 aliphatic heterocycles. The van der Waals surface area contributed by atoms with E-state index in [1.165, 1.54) is 27.9 Å². The molecule has 2 aliphatic rings. The van der Waals surface area contributed by atoms with Crippen LogP contribution in [0.15, 0.2) is 84.0 Å². The minimum absolute atomic E-state index is 0.0525. The molecule has 5 rings (SSSR count). The first-order valence-electron chi connectivity index (χ1n) is 9.13. The van der Waals surface area contributed by atoms with Crippen LogP contribution in [0.1, 0.15) is 40.9 Å². The van der Waals surface area contributed by atoms with E-state index >= 15 is 0 Å². The zero-order valence-electron chi connectivity index (χ0n) is 14.8. The van der Waals surface area contributed by atoms with Crippen LogP contribution in [0.4, 0.5) is 5.69 Å². The van der Waals surface area contributed by atoms with E-state index in [0.717, 1.165) is 12.1 Å². The van der Waals surface area contributed by atoms with E-state index in [-0.39, 0.29) is 12.2 Å². The molecule has 0 amide bonds. The summed E-state index contributed by atoms with van der Waals surface area (Å²) in [5, 5.41) is 11.0. The van der Waals surface area contributed by atoms with Crippen molar-refractivity contribution in [3.63, 3.8) is 0 Å². The van der Waals surface area contributed by atoms with Crippen molar-refractivity contribution in [1.29, 1.82) is 0 Å². The van der Waals surface area contributed by atoms with Crippen molar-refractivity contribution in [2.45, 2.75) is 25.6 Å². The Labute approximate surface area is 154 Å². The van der Waals surface area contributed by atoms with E-state index in [9.17, 15) is 0 Å². The molecule has 0 spiro atoms. The lowest BCUT2D eigenvalue weighted by atomic mass is 9.94. The van der Waals surface area contributed by atoms with Crippen LogP contribution in [0.3, 0.4) is 0 Å². The van der Waals surface area contributed by atoms with Gasteiger partial charge in [-0.05, 0) is 29.7 Å². The van der Waals surface area contributed by atoms with Crippen LogP contribution in [0, 0.1) is 6.92 Å². The normalized spacial score (nSPS) is 20.8. The monoisotopic (exact) mass is 339 g/mol. The largest absolute Gasteiger partial charge is 0.360 e. The minimum atomic E-state index is 0.0525. The highest BCUT2D eigenvalue weighted by Crippen LogP contribution is 2.45. The molecule has 3 aromatic rings. The number of hydrogen-bond acceptors (Lipinski definition) is 3. The molecule has 0 fully saturated rings. The number of para-hydroxylation sites is 1. The second kappa shape index (κ2) is 6.03. The molecule has 2 atom stereocenters. The molecule has 0 aromatic heterocycles. The number of anilines is 1. The summed E-state index contributed by atoms with van der Waals surface area (Å²) in [6.07, 6.45) is 0.988. The Bertz CT molecular complexity index is 960. The van der Waals surface area contributed by atoms with Crippen molar-refractivity contribution in [2.75, 3.05) is 5.32 Å². The molecule has 0 radical (unpaired) electrons. The Kier molecular flexibility index (Phi) is 3.52. The maximum absolute atomic E-state index is 5.05. The second-order valence-electron chi connectivity index (χ2n) is 7.06. The fourth-order valence-corrected chi connectivity index (χ4v) is 3.94. The topological polar surface area (TPSA) is 27.6 Å². The SMILES string of the molecule is Cc1ccc([C@@H]2Nc3ccccc3[C@H]3CC(c4ccccc4)=NN32)cc1. The highest BCUT2D eigenvalue weighted by molar-refractivity contribution is 6.02. The highest BCUT2D eigenvalue weighted by atomic mass is 15.6. The van der Waals surface area contributed by atoms with Gasteiger partial charge in [0.05, 0.1) is 11.8 Å². The molecule has 0 unspecified atom stereocenters. The third-order valence-electron chi connectivity index (χ3n) is 5.32. The van der Waals surface area contributed by atoms with Gasteiger partial charge < -0.3 is 5.32 Å². The third-order valence-corrected chi connectivity index (χ3v) is 5.32. The summed E-state index contributed by atoms with van der Waals surface area (Å²) in [5.74, 6) is 0. The molecule has 3 heteroatoms. The van der Waals surface area contributed by atoms with Crippen molar-refractivity contribution < 1.29 is 0 Å². The first-order chi connectivity index (χ1) is 12.8. The molecule has 0 saturated heterocycles. The first kappa shape index (κ1) is 15.2. The van der Waals surface area contributed by atoms with Crippen molar-refractivity contribution >= 4 is 11.4 Å². The summed E-state index contributed by atoms with van der Waals surface area (Å²) in [6, 6.07) is 28.1. The van der Waals surface area contributed by atoms with Crippen molar-refractivity contribution in [3.05, 3.63) is 101 Å². The molecular formula is C23H21N3. The number of fused-ring (bicyclic) bond motifs is 3. The molecule has 0 bridgehead atoms. The summed E-state index contributed by atoms with van der Waals surface area (Å²) in [4.78, 5) is 0. The standard InChI is InChI=1S/C23H21N3/c1-16-11-13-18(14-12-16)23-24-20-10-6-5-9-19(20)22-15-21(25-26(22)23)17-7-3-2-4-8-17/h2-14,22-24H,15H2,1H3/t22-,23-/m1/s1. The summed E-state index contributed by atoms with van der Waals surface area (Å²) >= 11 is 0. The summed E-state index contributed by atoms with van der Waals surface area (Å²) in [6.45, 7) is 2.12. The lowest BCUT2D eigenvalue weighted by Gasteiger charge is -2.39. The van der Waals surface area contributed by atoms with Gasteiger partial charge >= 0.3 is 0 Å². The second-order valence-corrected chi connectivity index (χ2v) is 7.06. The lowest BCUT2D eigenvalue weighted by Crippen LogP contribution is -2.35. The maximum Gasteiger partial charge on any atom is 0.142 e. The zero-order valence-corrected chi connectivity index (χ0v) is 14.8. The van der Waals surface area contributed by atoms with E-state index in [2.05, 4.69) is 96.1 Å². The van der Waals surface area contributed by atoms with Gasteiger partial charge in [0.1, 0.15) is 6.17 Å². The van der Waals surface area contributed by atoms with Crippen molar-refractivity contribution in [2.24, 2.45) is 5.10 Å². The minimum Gasteiger partial charge on any atom is -0.360 e. The number of rotatable bonds is 2. The smallest absolute Gasteiger partial charge is 0.142 e. The molecule has 26 heavy (non-hydrogen) atoms. The molecule has 0 aliphatic carbocycles. The van der Waals surface area contributed by atoms with Gasteiger partial charge in [0.2, 0.25) is 0 Å². The number of hydrogen-bond donors (Lipinski definition) is 1. The van der Waals surface area contributed by atoms with Crippen molar-refractivity contribution in [1.82, 2.24) is 5.01 Å². The van der Waals surface area contributed by atoms with Gasteiger partial charge in [0.25, 0.3) is 0 Å². The van der Waals surface area contributed by atoms with Crippen LogP contribution < -0.4 is 5.32 Å². The average Bonchev–Trinajstić information content (AvgIpc) is 3.14. The third kappa shape index (κ3) is 2.48. The Morgan fingerprint density at radius 3 is 2.42 bits per heavy atom. The molecule has 0 saturated carbocycles. The summed E-state index contributed by atoms with van der Waals surface area (Å²) in [5.41, 5.74) is 7.42. The number of benzene rings is 3. The Morgan fingerprint density at radius 2 is 1.62 bits per heavy atom. The Balaban J connectivity index is 1.60. The number of aryl methyl sites for hydroxylation is 1. The highest BCUT2D eigenvalue weighted by Gasteiger charge is 2.39. The molecular weight excluding hydrogens is 318 g/mol.